The molecule has 1 amide bonds. The van der Waals surface area contributed by atoms with E-state index in [1.807, 2.05) is 26.4 Å². The number of amides is 1. The average molecular weight is 253 g/mol. The van der Waals surface area contributed by atoms with Gasteiger partial charge in [-0.2, -0.15) is 5.10 Å². The van der Waals surface area contributed by atoms with Crippen LogP contribution in [0.1, 0.15) is 17.0 Å². The van der Waals surface area contributed by atoms with Crippen LogP contribution < -0.4 is 5.48 Å². The van der Waals surface area contributed by atoms with Crippen LogP contribution in [0.15, 0.2) is 6.08 Å². The summed E-state index contributed by atoms with van der Waals surface area (Å²) in [5, 5.41) is 12.5. The molecule has 0 aromatic carbocycles. The van der Waals surface area contributed by atoms with Crippen LogP contribution in [0.2, 0.25) is 0 Å². The Morgan fingerprint density at radius 2 is 2.17 bits per heavy atom. The van der Waals surface area contributed by atoms with E-state index in [9.17, 15) is 9.59 Å². The SMILES string of the molecule is Cc1nn(C)c(C)c1C=CC(=O)NOCC(=O)O. The van der Waals surface area contributed by atoms with E-state index in [2.05, 4.69) is 9.94 Å². The van der Waals surface area contributed by atoms with Crippen LogP contribution in [0.4, 0.5) is 0 Å². The molecule has 1 aromatic heterocycles. The zero-order valence-electron chi connectivity index (χ0n) is 10.4. The van der Waals surface area contributed by atoms with Gasteiger partial charge in [-0.25, -0.2) is 10.3 Å². The van der Waals surface area contributed by atoms with Gasteiger partial charge in [-0.3, -0.25) is 14.3 Å². The number of nitrogens with one attached hydrogen (secondary N) is 1. The van der Waals surface area contributed by atoms with Crippen molar-refractivity contribution in [1.29, 1.82) is 0 Å². The van der Waals surface area contributed by atoms with Gasteiger partial charge in [0, 0.05) is 24.4 Å². The highest BCUT2D eigenvalue weighted by molar-refractivity contribution is 5.91. The molecule has 0 saturated carbocycles. The van der Waals surface area contributed by atoms with E-state index in [0.29, 0.717) is 0 Å². The number of carbonyl (C=O) groups excluding carboxylic acids is 1. The van der Waals surface area contributed by atoms with E-state index in [1.165, 1.54) is 6.08 Å². The number of hydroxylamine groups is 1. The lowest BCUT2D eigenvalue weighted by molar-refractivity contribution is -0.147. The first-order chi connectivity index (χ1) is 8.41. The number of hydrogen-bond acceptors (Lipinski definition) is 4. The molecular weight excluding hydrogens is 238 g/mol. The van der Waals surface area contributed by atoms with Crippen LogP contribution in [0.3, 0.4) is 0 Å². The van der Waals surface area contributed by atoms with E-state index in [0.717, 1.165) is 17.0 Å². The molecule has 0 aliphatic rings. The maximum Gasteiger partial charge on any atom is 0.332 e. The van der Waals surface area contributed by atoms with Crippen molar-refractivity contribution in [2.45, 2.75) is 13.8 Å². The van der Waals surface area contributed by atoms with Crippen molar-refractivity contribution in [3.8, 4) is 0 Å². The minimum Gasteiger partial charge on any atom is -0.479 e. The normalized spacial score (nSPS) is 10.8. The first-order valence-corrected chi connectivity index (χ1v) is 5.23. The molecular formula is C11H15N3O4. The monoisotopic (exact) mass is 253 g/mol. The Kier molecular flexibility index (Phi) is 4.61. The van der Waals surface area contributed by atoms with Crippen molar-refractivity contribution in [3.05, 3.63) is 23.0 Å². The summed E-state index contributed by atoms with van der Waals surface area (Å²) >= 11 is 0. The van der Waals surface area contributed by atoms with Gasteiger partial charge in [0.1, 0.15) is 0 Å². The minimum absolute atomic E-state index is 0.529. The van der Waals surface area contributed by atoms with Gasteiger partial charge in [-0.05, 0) is 19.9 Å². The standard InChI is InChI=1S/C11H15N3O4/c1-7-9(8(2)14(3)12-7)4-5-10(15)13-18-6-11(16)17/h4-5H,6H2,1-3H3,(H,13,15)(H,16,17). The number of aryl methyl sites for hydroxylation is 2. The molecule has 0 atom stereocenters. The molecule has 2 N–H and O–H groups in total. The Morgan fingerprint density at radius 3 is 2.67 bits per heavy atom. The van der Waals surface area contributed by atoms with Crippen LogP contribution >= 0.6 is 0 Å². The second kappa shape index (κ2) is 5.97. The summed E-state index contributed by atoms with van der Waals surface area (Å²) in [6, 6.07) is 0. The van der Waals surface area contributed by atoms with Gasteiger partial charge >= 0.3 is 5.97 Å². The molecule has 1 heterocycles. The quantitative estimate of drug-likeness (QED) is 0.577. The highest BCUT2D eigenvalue weighted by Crippen LogP contribution is 2.13. The predicted octanol–water partition coefficient (Wildman–Crippen LogP) is 0.183. The predicted molar refractivity (Wildman–Crippen MR) is 63.4 cm³/mol. The fraction of sp³-hybridized carbons (Fsp3) is 0.364. The third kappa shape index (κ3) is 3.70. The van der Waals surface area contributed by atoms with Crippen LogP contribution in [0, 0.1) is 13.8 Å². The van der Waals surface area contributed by atoms with Gasteiger partial charge in [-0.1, -0.05) is 0 Å². The summed E-state index contributed by atoms with van der Waals surface area (Å²) in [5.74, 6) is -1.68. The van der Waals surface area contributed by atoms with Crippen molar-refractivity contribution in [3.63, 3.8) is 0 Å². The minimum atomic E-state index is -1.15. The Morgan fingerprint density at radius 1 is 1.50 bits per heavy atom. The molecule has 7 heteroatoms. The second-order valence-corrected chi connectivity index (χ2v) is 3.69. The Bertz CT molecular complexity index is 491. The summed E-state index contributed by atoms with van der Waals surface area (Å²) < 4.78 is 1.72. The van der Waals surface area contributed by atoms with Gasteiger partial charge in [0.05, 0.1) is 5.69 Å². The van der Waals surface area contributed by atoms with Gasteiger partial charge < -0.3 is 5.11 Å². The number of rotatable bonds is 5. The lowest BCUT2D eigenvalue weighted by Gasteiger charge is -1.99. The molecule has 0 saturated heterocycles. The molecule has 0 unspecified atom stereocenters. The Labute approximate surface area is 104 Å². The maximum atomic E-state index is 11.3. The van der Waals surface area contributed by atoms with Gasteiger partial charge in [-0.15, -0.1) is 0 Å². The number of carbonyl (C=O) groups is 2. The van der Waals surface area contributed by atoms with Crippen molar-refractivity contribution < 1.29 is 19.5 Å². The third-order valence-electron chi connectivity index (χ3n) is 2.33. The number of aliphatic carboxylic acids is 1. The first kappa shape index (κ1) is 13.9. The second-order valence-electron chi connectivity index (χ2n) is 3.69. The lowest BCUT2D eigenvalue weighted by atomic mass is 10.2. The van der Waals surface area contributed by atoms with E-state index in [-0.39, 0.29) is 0 Å². The summed E-state index contributed by atoms with van der Waals surface area (Å²) in [7, 11) is 1.82. The Hall–Kier alpha value is -2.15. The van der Waals surface area contributed by atoms with Gasteiger partial charge in [0.2, 0.25) is 0 Å². The number of aromatic nitrogens is 2. The number of hydrogen-bond donors (Lipinski definition) is 2. The van der Waals surface area contributed by atoms with Gasteiger partial charge in [0.25, 0.3) is 5.91 Å². The van der Waals surface area contributed by atoms with E-state index in [1.54, 1.807) is 10.8 Å². The van der Waals surface area contributed by atoms with E-state index in [4.69, 9.17) is 5.11 Å². The molecule has 1 rings (SSSR count). The molecule has 0 aliphatic carbocycles. The third-order valence-corrected chi connectivity index (χ3v) is 2.33. The zero-order chi connectivity index (χ0) is 13.7. The number of nitrogens with zero attached hydrogens (tertiary/aromatic N) is 2. The fourth-order valence-electron chi connectivity index (χ4n) is 1.39. The van der Waals surface area contributed by atoms with Crippen LogP contribution in [-0.2, 0) is 21.5 Å². The topological polar surface area (TPSA) is 93.5 Å². The lowest BCUT2D eigenvalue weighted by Crippen LogP contribution is -2.24. The molecule has 1 aromatic rings. The highest BCUT2D eigenvalue weighted by atomic mass is 16.7. The molecule has 98 valence electrons. The maximum absolute atomic E-state index is 11.3. The van der Waals surface area contributed by atoms with E-state index < -0.39 is 18.5 Å². The summed E-state index contributed by atoms with van der Waals surface area (Å²) in [6.07, 6.45) is 2.87. The van der Waals surface area contributed by atoms with Crippen molar-refractivity contribution in [2.24, 2.45) is 7.05 Å². The fourth-order valence-corrected chi connectivity index (χ4v) is 1.39. The number of carboxylic acids is 1. The smallest absolute Gasteiger partial charge is 0.332 e. The number of carboxylic acid groups (broad SMARTS) is 1. The average Bonchev–Trinajstić information content (AvgIpc) is 2.50. The summed E-state index contributed by atoms with van der Waals surface area (Å²) in [5.41, 5.74) is 4.59. The zero-order valence-corrected chi connectivity index (χ0v) is 10.4. The summed E-state index contributed by atoms with van der Waals surface area (Å²) in [6.45, 7) is 3.15. The van der Waals surface area contributed by atoms with E-state index >= 15 is 0 Å². The van der Waals surface area contributed by atoms with Crippen molar-refractivity contribution in [1.82, 2.24) is 15.3 Å². The van der Waals surface area contributed by atoms with Crippen LogP contribution in [0.25, 0.3) is 6.08 Å². The molecule has 18 heavy (non-hydrogen) atoms. The molecule has 0 radical (unpaired) electrons. The molecule has 7 nitrogen and oxygen atoms in total. The molecule has 0 bridgehead atoms. The van der Waals surface area contributed by atoms with Crippen molar-refractivity contribution in [2.75, 3.05) is 6.61 Å². The largest absolute Gasteiger partial charge is 0.479 e. The summed E-state index contributed by atoms with van der Waals surface area (Å²) in [4.78, 5) is 25.9. The molecule has 0 fully saturated rings. The molecule has 0 spiro atoms. The van der Waals surface area contributed by atoms with Gasteiger partial charge in [0.15, 0.2) is 6.61 Å². The molecule has 0 aliphatic heterocycles. The Balaban J connectivity index is 2.58. The highest BCUT2D eigenvalue weighted by Gasteiger charge is 2.06. The van der Waals surface area contributed by atoms with Crippen molar-refractivity contribution >= 4 is 18.0 Å². The van der Waals surface area contributed by atoms with Crippen LogP contribution in [0.5, 0.6) is 0 Å². The van der Waals surface area contributed by atoms with Crippen LogP contribution in [-0.4, -0.2) is 33.4 Å². The first-order valence-electron chi connectivity index (χ1n) is 5.23.